The molecule has 12 nitrogen and oxygen atoms in total. The van der Waals surface area contributed by atoms with E-state index in [1.165, 1.54) is 55.9 Å². The lowest BCUT2D eigenvalue weighted by atomic mass is 10.2. The molecule has 14 heteroatoms. The molecule has 0 unspecified atom stereocenters. The average molecular weight is 567 g/mol. The number of methoxy groups -OCH3 is 2. The molecule has 0 aliphatic rings. The van der Waals surface area contributed by atoms with Gasteiger partial charge in [-0.2, -0.15) is 0 Å². The molecule has 5 aromatic rings. The molecule has 0 spiro atoms. The zero-order chi connectivity index (χ0) is 29.0. The summed E-state index contributed by atoms with van der Waals surface area (Å²) >= 11 is 1.41. The molecule has 0 radical (unpaired) electrons. The van der Waals surface area contributed by atoms with Crippen molar-refractivity contribution >= 4 is 67.0 Å². The maximum atomic E-state index is 13.3. The van der Waals surface area contributed by atoms with Crippen molar-refractivity contribution in [1.82, 2.24) is 14.5 Å². The smallest absolute Gasteiger partial charge is 0.338 e. The number of nitro groups is 1. The number of nitrogens with one attached hydrogen (secondary N) is 2. The molecule has 3 aromatic carbocycles. The van der Waals surface area contributed by atoms with Gasteiger partial charge >= 0.3 is 11.9 Å². The molecule has 2 aromatic heterocycles. The van der Waals surface area contributed by atoms with Gasteiger partial charge in [0.1, 0.15) is 11.5 Å². The van der Waals surface area contributed by atoms with Gasteiger partial charge in [0, 0.05) is 26.2 Å². The first kappa shape index (κ1) is 27.9. The third-order valence-corrected chi connectivity index (χ3v) is 6.71. The monoisotopic (exact) mass is 566 g/mol. The minimum atomic E-state index is -0.597. The number of hydrogen-bond acceptors (Lipinski definition) is 11. The number of imidazole rings is 1. The SMILES string of the molecule is CNc1ccc(C(=O)OC)cc1[N+](=O)[O-].COC(=O)c1ccc2c(c1)nc(Nc1nc3cc(F)ccc3s1)n2C. The van der Waals surface area contributed by atoms with Crippen LogP contribution < -0.4 is 10.6 Å². The molecule has 0 aliphatic carbocycles. The Balaban J connectivity index is 0.000000212. The second kappa shape index (κ2) is 11.7. The van der Waals surface area contributed by atoms with Crippen molar-refractivity contribution in [2.75, 3.05) is 31.9 Å². The lowest BCUT2D eigenvalue weighted by Crippen LogP contribution is -2.03. The lowest BCUT2D eigenvalue weighted by Gasteiger charge is -2.03. The highest BCUT2D eigenvalue weighted by Gasteiger charge is 2.17. The Morgan fingerprint density at radius 1 is 0.975 bits per heavy atom. The largest absolute Gasteiger partial charge is 0.465 e. The van der Waals surface area contributed by atoms with Crippen LogP contribution >= 0.6 is 11.3 Å². The Morgan fingerprint density at radius 2 is 1.65 bits per heavy atom. The van der Waals surface area contributed by atoms with Gasteiger partial charge in [0.05, 0.1) is 51.5 Å². The van der Waals surface area contributed by atoms with E-state index in [0.29, 0.717) is 33.4 Å². The van der Waals surface area contributed by atoms with Crippen molar-refractivity contribution in [3.05, 3.63) is 81.7 Å². The second-order valence-electron chi connectivity index (χ2n) is 8.18. The molecular formula is C26H23FN6O6S. The number of hydrogen-bond donors (Lipinski definition) is 2. The number of nitrogens with zero attached hydrogens (tertiary/aromatic N) is 4. The van der Waals surface area contributed by atoms with E-state index >= 15 is 0 Å². The van der Waals surface area contributed by atoms with E-state index in [1.54, 1.807) is 25.2 Å². The Bertz CT molecular complexity index is 1750. The zero-order valence-electron chi connectivity index (χ0n) is 21.7. The third-order valence-electron chi connectivity index (χ3n) is 5.76. The Morgan fingerprint density at radius 3 is 2.30 bits per heavy atom. The number of esters is 2. The van der Waals surface area contributed by atoms with E-state index in [4.69, 9.17) is 4.74 Å². The van der Waals surface area contributed by atoms with E-state index in [0.717, 1.165) is 10.2 Å². The summed E-state index contributed by atoms with van der Waals surface area (Å²) in [5.74, 6) is -0.741. The van der Waals surface area contributed by atoms with Gasteiger partial charge in [-0.05, 0) is 42.5 Å². The molecule has 5 rings (SSSR count). The molecular weight excluding hydrogens is 543 g/mol. The van der Waals surface area contributed by atoms with Crippen LogP contribution in [-0.4, -0.2) is 52.7 Å². The minimum absolute atomic E-state index is 0.152. The molecule has 0 fully saturated rings. The first-order valence-electron chi connectivity index (χ1n) is 11.6. The molecule has 0 amide bonds. The molecule has 0 saturated carbocycles. The number of thiazole rings is 1. The van der Waals surface area contributed by atoms with Crippen LogP contribution in [0.15, 0.2) is 54.6 Å². The first-order chi connectivity index (χ1) is 19.1. The summed E-state index contributed by atoms with van der Waals surface area (Å²) in [5, 5.41) is 17.1. The molecule has 0 bridgehead atoms. The average Bonchev–Trinajstić information content (AvgIpc) is 3.50. The number of carbonyl (C=O) groups is 2. The van der Waals surface area contributed by atoms with Crippen molar-refractivity contribution in [3.63, 3.8) is 0 Å². The lowest BCUT2D eigenvalue weighted by molar-refractivity contribution is -0.384. The fourth-order valence-corrected chi connectivity index (χ4v) is 4.58. The van der Waals surface area contributed by atoms with Gasteiger partial charge in [-0.15, -0.1) is 0 Å². The maximum absolute atomic E-state index is 13.3. The van der Waals surface area contributed by atoms with Crippen molar-refractivity contribution in [1.29, 1.82) is 0 Å². The van der Waals surface area contributed by atoms with Crippen molar-refractivity contribution in [2.45, 2.75) is 0 Å². The van der Waals surface area contributed by atoms with Gasteiger partial charge in [-0.25, -0.2) is 23.9 Å². The van der Waals surface area contributed by atoms with E-state index in [-0.39, 0.29) is 17.1 Å². The van der Waals surface area contributed by atoms with Gasteiger partial charge in [0.2, 0.25) is 5.95 Å². The number of carbonyl (C=O) groups excluding carboxylic acids is 2. The summed E-state index contributed by atoms with van der Waals surface area (Å²) in [6.45, 7) is 0. The van der Waals surface area contributed by atoms with Gasteiger partial charge < -0.3 is 24.7 Å². The number of anilines is 3. The standard InChI is InChI=1S/C17H13FN4O2S.C9H10N2O4/c1-22-13-5-3-9(15(23)24-2)7-11(13)19-16(22)21-17-20-12-8-10(18)4-6-14(12)25-17;1-10-7-4-3-6(9(12)15-2)5-8(7)11(13)14/h3-8H,1-2H3,(H,19,20,21);3-5,10H,1-2H3. The van der Waals surface area contributed by atoms with Crippen LogP contribution in [0.25, 0.3) is 21.3 Å². The second-order valence-corrected chi connectivity index (χ2v) is 9.21. The van der Waals surface area contributed by atoms with Crippen LogP contribution in [0.5, 0.6) is 0 Å². The van der Waals surface area contributed by atoms with Gasteiger partial charge in [-0.1, -0.05) is 11.3 Å². The van der Waals surface area contributed by atoms with Crippen LogP contribution in [0.2, 0.25) is 0 Å². The predicted molar refractivity (Wildman–Crippen MR) is 149 cm³/mol. The predicted octanol–water partition coefficient (Wildman–Crippen LogP) is 5.28. The van der Waals surface area contributed by atoms with Gasteiger partial charge in [0.15, 0.2) is 5.13 Å². The van der Waals surface area contributed by atoms with Crippen molar-refractivity contribution < 1.29 is 28.4 Å². The molecule has 0 aliphatic heterocycles. The molecule has 40 heavy (non-hydrogen) atoms. The highest BCUT2D eigenvalue weighted by Crippen LogP contribution is 2.30. The van der Waals surface area contributed by atoms with Gasteiger partial charge in [-0.3, -0.25) is 10.1 Å². The fraction of sp³-hybridized carbons (Fsp3) is 0.154. The first-order valence-corrected chi connectivity index (χ1v) is 12.4. The quantitative estimate of drug-likeness (QED) is 0.158. The topological polar surface area (TPSA) is 151 Å². The van der Waals surface area contributed by atoms with E-state index in [2.05, 4.69) is 25.3 Å². The number of nitro benzene ring substituents is 1. The van der Waals surface area contributed by atoms with Crippen LogP contribution in [0.4, 0.5) is 26.8 Å². The normalized spacial score (nSPS) is 10.5. The van der Waals surface area contributed by atoms with E-state index in [9.17, 15) is 24.1 Å². The third kappa shape index (κ3) is 5.81. The number of aryl methyl sites for hydroxylation is 1. The van der Waals surface area contributed by atoms with Gasteiger partial charge in [0.25, 0.3) is 5.69 Å². The summed E-state index contributed by atoms with van der Waals surface area (Å²) in [7, 11) is 6.00. The summed E-state index contributed by atoms with van der Waals surface area (Å²) < 4.78 is 25.2. The van der Waals surface area contributed by atoms with E-state index in [1.807, 2.05) is 17.7 Å². The summed E-state index contributed by atoms with van der Waals surface area (Å²) in [5.41, 5.74) is 2.92. The Labute approximate surface area is 230 Å². The number of rotatable bonds is 6. The van der Waals surface area contributed by atoms with E-state index < -0.39 is 16.9 Å². The maximum Gasteiger partial charge on any atom is 0.338 e. The summed E-state index contributed by atoms with van der Waals surface area (Å²) in [4.78, 5) is 41.8. The number of benzene rings is 3. The van der Waals surface area contributed by atoms with Crippen molar-refractivity contribution in [2.24, 2.45) is 7.05 Å². The fourth-order valence-electron chi connectivity index (χ4n) is 3.75. The van der Waals surface area contributed by atoms with Crippen LogP contribution in [0.1, 0.15) is 20.7 Å². The minimum Gasteiger partial charge on any atom is -0.465 e. The zero-order valence-corrected chi connectivity index (χ0v) is 22.5. The summed E-state index contributed by atoms with van der Waals surface area (Å²) in [6, 6.07) is 13.8. The number of halogens is 1. The molecule has 2 heterocycles. The number of ether oxygens (including phenoxy) is 2. The Hall–Kier alpha value is -5.11. The van der Waals surface area contributed by atoms with Crippen LogP contribution in [-0.2, 0) is 16.5 Å². The highest BCUT2D eigenvalue weighted by molar-refractivity contribution is 7.22. The molecule has 0 atom stereocenters. The molecule has 2 N–H and O–H groups in total. The number of fused-ring (bicyclic) bond motifs is 2. The summed E-state index contributed by atoms with van der Waals surface area (Å²) in [6.07, 6.45) is 0. The Kier molecular flexibility index (Phi) is 8.19. The van der Waals surface area contributed by atoms with Crippen LogP contribution in [0, 0.1) is 15.9 Å². The number of aromatic nitrogens is 3. The molecule has 206 valence electrons. The highest BCUT2D eigenvalue weighted by atomic mass is 32.1. The molecule has 0 saturated heterocycles. The van der Waals surface area contributed by atoms with Crippen molar-refractivity contribution in [3.8, 4) is 0 Å². The van der Waals surface area contributed by atoms with Crippen LogP contribution in [0.3, 0.4) is 0 Å².